The zero-order valence-corrected chi connectivity index (χ0v) is 12.8. The summed E-state index contributed by atoms with van der Waals surface area (Å²) in [4.78, 5) is 14.2. The quantitative estimate of drug-likeness (QED) is 0.646. The van der Waals surface area contributed by atoms with Gasteiger partial charge in [0, 0.05) is 44.5 Å². The third kappa shape index (κ3) is 4.11. The van der Waals surface area contributed by atoms with Gasteiger partial charge in [-0.25, -0.2) is 4.79 Å². The molecule has 2 aliphatic heterocycles. The third-order valence-corrected chi connectivity index (χ3v) is 4.39. The Balaban J connectivity index is 1.35. The third-order valence-electron chi connectivity index (χ3n) is 4.39. The molecule has 1 aromatic carbocycles. The second-order valence-electron chi connectivity index (χ2n) is 6.08. The van der Waals surface area contributed by atoms with Crippen LogP contribution < -0.4 is 26.4 Å². The summed E-state index contributed by atoms with van der Waals surface area (Å²) < 4.78 is 0. The van der Waals surface area contributed by atoms with E-state index in [4.69, 9.17) is 0 Å². The van der Waals surface area contributed by atoms with E-state index in [-0.39, 0.29) is 6.03 Å². The number of hydrogen-bond donors (Lipinski definition) is 4. The molecule has 22 heavy (non-hydrogen) atoms. The van der Waals surface area contributed by atoms with Crippen LogP contribution in [0.4, 0.5) is 10.5 Å². The number of rotatable bonds is 5. The van der Waals surface area contributed by atoms with E-state index < -0.39 is 0 Å². The Hall–Kier alpha value is -1.79. The zero-order chi connectivity index (χ0) is 15.2. The second kappa shape index (κ2) is 7.47. The predicted octanol–water partition coefficient (Wildman–Crippen LogP) is 0.679. The molecule has 6 heteroatoms. The molecule has 4 N–H and O–H groups in total. The second-order valence-corrected chi connectivity index (χ2v) is 6.08. The molecule has 2 unspecified atom stereocenters. The Labute approximate surface area is 131 Å². The molecule has 0 radical (unpaired) electrons. The van der Waals surface area contributed by atoms with Gasteiger partial charge in [-0.1, -0.05) is 18.2 Å². The van der Waals surface area contributed by atoms with E-state index in [0.29, 0.717) is 18.5 Å². The Kier molecular flexibility index (Phi) is 5.13. The summed E-state index contributed by atoms with van der Waals surface area (Å²) in [5, 5.41) is 5.92. The standard InChI is InChI=1S/C16H25N5O/c22-16(18-11-14-6-8-19-20-14)17-10-13-7-9-21(12-13)15-4-2-1-3-5-15/h1-5,13-14,19-20H,6-12H2,(H2,17,18,22). The van der Waals surface area contributed by atoms with Gasteiger partial charge in [-0.3, -0.25) is 10.9 Å². The highest BCUT2D eigenvalue weighted by Gasteiger charge is 2.23. The maximum Gasteiger partial charge on any atom is 0.314 e. The van der Waals surface area contributed by atoms with E-state index in [0.717, 1.165) is 39.0 Å². The number of hydrogen-bond acceptors (Lipinski definition) is 4. The topological polar surface area (TPSA) is 68.4 Å². The van der Waals surface area contributed by atoms with E-state index in [1.165, 1.54) is 5.69 Å². The van der Waals surface area contributed by atoms with E-state index >= 15 is 0 Å². The molecule has 120 valence electrons. The Morgan fingerprint density at radius 2 is 2.00 bits per heavy atom. The molecule has 3 rings (SSSR count). The first-order chi connectivity index (χ1) is 10.8. The highest BCUT2D eigenvalue weighted by molar-refractivity contribution is 5.73. The van der Waals surface area contributed by atoms with Crippen molar-refractivity contribution in [1.82, 2.24) is 21.5 Å². The number of hydrazine groups is 1. The summed E-state index contributed by atoms with van der Waals surface area (Å²) in [5.74, 6) is 0.525. The fourth-order valence-corrected chi connectivity index (χ4v) is 3.08. The summed E-state index contributed by atoms with van der Waals surface area (Å²) in [7, 11) is 0. The molecule has 2 fully saturated rings. The summed E-state index contributed by atoms with van der Waals surface area (Å²) in [6, 6.07) is 10.7. The lowest BCUT2D eigenvalue weighted by Gasteiger charge is -2.19. The van der Waals surface area contributed by atoms with Gasteiger partial charge in [-0.05, 0) is 30.9 Å². The van der Waals surface area contributed by atoms with Gasteiger partial charge in [0.2, 0.25) is 0 Å². The average Bonchev–Trinajstić information content (AvgIpc) is 3.23. The van der Waals surface area contributed by atoms with Gasteiger partial charge in [-0.2, -0.15) is 0 Å². The molecule has 2 atom stereocenters. The number of nitrogens with zero attached hydrogens (tertiary/aromatic N) is 1. The van der Waals surface area contributed by atoms with Gasteiger partial charge in [0.1, 0.15) is 0 Å². The highest BCUT2D eigenvalue weighted by Crippen LogP contribution is 2.22. The lowest BCUT2D eigenvalue weighted by atomic mass is 10.1. The van der Waals surface area contributed by atoms with Crippen molar-refractivity contribution in [2.75, 3.05) is 37.6 Å². The van der Waals surface area contributed by atoms with Gasteiger partial charge in [0.05, 0.1) is 0 Å². The van der Waals surface area contributed by atoms with Gasteiger partial charge < -0.3 is 15.5 Å². The van der Waals surface area contributed by atoms with Crippen LogP contribution in [-0.4, -0.2) is 44.8 Å². The summed E-state index contributed by atoms with van der Waals surface area (Å²) in [6.45, 7) is 4.45. The molecule has 0 spiro atoms. The number of nitrogens with one attached hydrogen (secondary N) is 4. The Morgan fingerprint density at radius 3 is 2.77 bits per heavy atom. The molecule has 0 bridgehead atoms. The summed E-state index contributed by atoms with van der Waals surface area (Å²) >= 11 is 0. The van der Waals surface area contributed by atoms with Crippen LogP contribution in [0.2, 0.25) is 0 Å². The molecule has 0 aliphatic carbocycles. The van der Waals surface area contributed by atoms with Crippen LogP contribution in [0, 0.1) is 5.92 Å². The van der Waals surface area contributed by atoms with Gasteiger partial charge in [0.25, 0.3) is 0 Å². The highest BCUT2D eigenvalue weighted by atomic mass is 16.2. The van der Waals surface area contributed by atoms with E-state index in [1.807, 2.05) is 6.07 Å². The largest absolute Gasteiger partial charge is 0.371 e. The van der Waals surface area contributed by atoms with Crippen LogP contribution >= 0.6 is 0 Å². The SMILES string of the molecule is O=C(NCC1CCN(c2ccccc2)C1)NCC1CCNN1. The average molecular weight is 303 g/mol. The predicted molar refractivity (Wildman–Crippen MR) is 87.7 cm³/mol. The number of benzene rings is 1. The number of carbonyl (C=O) groups is 1. The van der Waals surface area contributed by atoms with E-state index in [9.17, 15) is 4.79 Å². The van der Waals surface area contributed by atoms with Crippen molar-refractivity contribution in [1.29, 1.82) is 0 Å². The normalized spacial score (nSPS) is 24.5. The molecule has 2 amide bonds. The van der Waals surface area contributed by atoms with Gasteiger partial charge in [0.15, 0.2) is 0 Å². The molecule has 0 saturated carbocycles. The molecule has 2 aliphatic rings. The molecule has 1 aromatic rings. The maximum absolute atomic E-state index is 11.8. The van der Waals surface area contributed by atoms with Crippen molar-refractivity contribution >= 4 is 11.7 Å². The van der Waals surface area contributed by atoms with Gasteiger partial charge in [-0.15, -0.1) is 0 Å². The van der Waals surface area contributed by atoms with Crippen LogP contribution in [0.5, 0.6) is 0 Å². The molecule has 6 nitrogen and oxygen atoms in total. The fourth-order valence-electron chi connectivity index (χ4n) is 3.08. The van der Waals surface area contributed by atoms with Crippen LogP contribution in [0.1, 0.15) is 12.8 Å². The minimum atomic E-state index is -0.0631. The molecule has 0 aromatic heterocycles. The van der Waals surface area contributed by atoms with Crippen molar-refractivity contribution in [3.05, 3.63) is 30.3 Å². The number of urea groups is 1. The van der Waals surface area contributed by atoms with Crippen molar-refractivity contribution in [2.45, 2.75) is 18.9 Å². The first-order valence-corrected chi connectivity index (χ1v) is 8.11. The van der Waals surface area contributed by atoms with Crippen molar-refractivity contribution in [3.63, 3.8) is 0 Å². The van der Waals surface area contributed by atoms with Crippen molar-refractivity contribution < 1.29 is 4.79 Å². The molecular weight excluding hydrogens is 278 g/mol. The van der Waals surface area contributed by atoms with Crippen molar-refractivity contribution in [2.24, 2.45) is 5.92 Å². The van der Waals surface area contributed by atoms with Crippen LogP contribution in [0.15, 0.2) is 30.3 Å². The number of carbonyl (C=O) groups excluding carboxylic acids is 1. The maximum atomic E-state index is 11.8. The monoisotopic (exact) mass is 303 g/mol. The lowest BCUT2D eigenvalue weighted by Crippen LogP contribution is -2.45. The Bertz CT molecular complexity index is 475. The molecule has 2 saturated heterocycles. The van der Waals surface area contributed by atoms with E-state index in [2.05, 4.69) is 50.7 Å². The smallest absolute Gasteiger partial charge is 0.314 e. The van der Waals surface area contributed by atoms with Crippen molar-refractivity contribution in [3.8, 4) is 0 Å². The number of amides is 2. The van der Waals surface area contributed by atoms with Crippen LogP contribution in [0.3, 0.4) is 0 Å². The minimum Gasteiger partial charge on any atom is -0.371 e. The Morgan fingerprint density at radius 1 is 1.18 bits per heavy atom. The fraction of sp³-hybridized carbons (Fsp3) is 0.562. The number of para-hydroxylation sites is 1. The summed E-state index contributed by atoms with van der Waals surface area (Å²) in [5.41, 5.74) is 7.47. The minimum absolute atomic E-state index is 0.0631. The van der Waals surface area contributed by atoms with Crippen LogP contribution in [-0.2, 0) is 0 Å². The van der Waals surface area contributed by atoms with Crippen LogP contribution in [0.25, 0.3) is 0 Å². The zero-order valence-electron chi connectivity index (χ0n) is 12.8. The van der Waals surface area contributed by atoms with Gasteiger partial charge >= 0.3 is 6.03 Å². The number of anilines is 1. The lowest BCUT2D eigenvalue weighted by molar-refractivity contribution is 0.238. The molecule has 2 heterocycles. The first-order valence-electron chi connectivity index (χ1n) is 8.11. The van der Waals surface area contributed by atoms with E-state index in [1.54, 1.807) is 0 Å². The first kappa shape index (κ1) is 15.1. The summed E-state index contributed by atoms with van der Waals surface area (Å²) in [6.07, 6.45) is 2.18. The molecular formula is C16H25N5O.